The molecular weight excluding hydrogens is 168 g/mol. The first-order valence-corrected chi connectivity index (χ1v) is 3.46. The highest BCUT2D eigenvalue weighted by atomic mass is 19.3. The lowest BCUT2D eigenvalue weighted by molar-refractivity contribution is -0.347. The van der Waals surface area contributed by atoms with Gasteiger partial charge in [-0.15, -0.1) is 8.78 Å². The summed E-state index contributed by atoms with van der Waals surface area (Å²) in [5.74, 6) is 0. The van der Waals surface area contributed by atoms with Gasteiger partial charge in [-0.3, -0.25) is 9.47 Å². The van der Waals surface area contributed by atoms with Crippen LogP contribution in [-0.2, 0) is 9.47 Å². The van der Waals surface area contributed by atoms with E-state index in [1.165, 1.54) is 18.2 Å². The Kier molecular flexibility index (Phi) is 1.46. The van der Waals surface area contributed by atoms with Gasteiger partial charge in [0.05, 0.1) is 0 Å². The Balaban J connectivity index is 2.20. The van der Waals surface area contributed by atoms with Crippen molar-refractivity contribution in [3.05, 3.63) is 23.9 Å². The summed E-state index contributed by atoms with van der Waals surface area (Å²) in [5, 5.41) is 0. The van der Waals surface area contributed by atoms with E-state index in [4.69, 9.17) is 5.73 Å². The lowest BCUT2D eigenvalue weighted by Crippen LogP contribution is -2.22. The number of halogens is 2. The van der Waals surface area contributed by atoms with Crippen LogP contribution < -0.4 is 5.73 Å². The fourth-order valence-corrected chi connectivity index (χ4v) is 1.21. The van der Waals surface area contributed by atoms with E-state index in [1.54, 1.807) is 0 Å². The number of alkyl halides is 2. The highest BCUT2D eigenvalue weighted by Crippen LogP contribution is 2.34. The van der Waals surface area contributed by atoms with Crippen LogP contribution in [0.25, 0.3) is 0 Å². The standard InChI is InChI=1S/C7H7F2NO2/c8-7(9)11-5-2-1-4(10)3-6(5)12-7/h1-3,5-6H,10H2. The fourth-order valence-electron chi connectivity index (χ4n) is 1.21. The summed E-state index contributed by atoms with van der Waals surface area (Å²) in [6.45, 7) is 0. The van der Waals surface area contributed by atoms with Crippen LogP contribution in [-0.4, -0.2) is 18.5 Å². The molecule has 0 amide bonds. The molecule has 3 nitrogen and oxygen atoms in total. The third kappa shape index (κ3) is 1.21. The minimum atomic E-state index is -3.49. The van der Waals surface area contributed by atoms with Crippen molar-refractivity contribution in [1.82, 2.24) is 0 Å². The van der Waals surface area contributed by atoms with Gasteiger partial charge in [0.25, 0.3) is 0 Å². The average molecular weight is 175 g/mol. The third-order valence-electron chi connectivity index (χ3n) is 1.71. The van der Waals surface area contributed by atoms with Crippen LogP contribution in [0.4, 0.5) is 8.78 Å². The lowest BCUT2D eigenvalue weighted by atomic mass is 10.1. The van der Waals surface area contributed by atoms with Crippen LogP contribution in [0.1, 0.15) is 0 Å². The zero-order valence-electron chi connectivity index (χ0n) is 6.04. The first-order chi connectivity index (χ1) is 5.57. The second-order valence-corrected chi connectivity index (χ2v) is 2.65. The Morgan fingerprint density at radius 2 is 2.00 bits per heavy atom. The van der Waals surface area contributed by atoms with Crippen molar-refractivity contribution in [3.8, 4) is 0 Å². The van der Waals surface area contributed by atoms with Gasteiger partial charge in [0.15, 0.2) is 0 Å². The van der Waals surface area contributed by atoms with Gasteiger partial charge < -0.3 is 5.73 Å². The van der Waals surface area contributed by atoms with Crippen LogP contribution in [0.2, 0.25) is 0 Å². The highest BCUT2D eigenvalue weighted by Gasteiger charge is 2.48. The van der Waals surface area contributed by atoms with Crippen molar-refractivity contribution >= 4 is 0 Å². The van der Waals surface area contributed by atoms with Crippen LogP contribution in [0.5, 0.6) is 0 Å². The molecule has 2 atom stereocenters. The van der Waals surface area contributed by atoms with Crippen molar-refractivity contribution in [2.24, 2.45) is 5.73 Å². The molecule has 2 unspecified atom stereocenters. The van der Waals surface area contributed by atoms with Gasteiger partial charge in [-0.25, -0.2) is 0 Å². The van der Waals surface area contributed by atoms with Crippen molar-refractivity contribution in [2.75, 3.05) is 0 Å². The Labute approximate surface area is 67.4 Å². The van der Waals surface area contributed by atoms with E-state index >= 15 is 0 Å². The fraction of sp³-hybridized carbons (Fsp3) is 0.429. The Morgan fingerprint density at radius 3 is 2.75 bits per heavy atom. The molecule has 12 heavy (non-hydrogen) atoms. The predicted molar refractivity (Wildman–Crippen MR) is 36.1 cm³/mol. The molecule has 1 saturated heterocycles. The van der Waals surface area contributed by atoms with Gasteiger partial charge in [0.1, 0.15) is 12.2 Å². The Hall–Kier alpha value is -0.940. The summed E-state index contributed by atoms with van der Waals surface area (Å²) in [6, 6.07) is 0. The summed E-state index contributed by atoms with van der Waals surface area (Å²) in [4.78, 5) is 0. The molecule has 0 aromatic rings. The van der Waals surface area contributed by atoms with E-state index in [0.29, 0.717) is 5.70 Å². The molecule has 0 saturated carbocycles. The van der Waals surface area contributed by atoms with E-state index in [9.17, 15) is 8.78 Å². The molecule has 0 radical (unpaired) electrons. The van der Waals surface area contributed by atoms with E-state index < -0.39 is 18.5 Å². The summed E-state index contributed by atoms with van der Waals surface area (Å²) in [6.07, 6.45) is -0.573. The molecule has 5 heteroatoms. The maximum atomic E-state index is 12.4. The quantitative estimate of drug-likeness (QED) is 0.590. The molecule has 0 aromatic heterocycles. The van der Waals surface area contributed by atoms with Crippen LogP contribution in [0, 0.1) is 0 Å². The molecule has 0 bridgehead atoms. The molecule has 1 heterocycles. The van der Waals surface area contributed by atoms with Gasteiger partial charge in [0.2, 0.25) is 0 Å². The summed E-state index contributed by atoms with van der Waals surface area (Å²) >= 11 is 0. The number of ether oxygens (including phenoxy) is 2. The number of rotatable bonds is 0. The SMILES string of the molecule is NC1=CC2OC(F)(F)OC2C=C1. The highest BCUT2D eigenvalue weighted by molar-refractivity contribution is 5.25. The second kappa shape index (κ2) is 2.27. The van der Waals surface area contributed by atoms with Crippen molar-refractivity contribution in [2.45, 2.75) is 18.5 Å². The minimum Gasteiger partial charge on any atom is -0.399 e. The first-order valence-electron chi connectivity index (χ1n) is 3.46. The molecular formula is C7H7F2NO2. The molecule has 1 aliphatic heterocycles. The van der Waals surface area contributed by atoms with E-state index in [2.05, 4.69) is 9.47 Å². The average Bonchev–Trinajstić information content (AvgIpc) is 2.21. The van der Waals surface area contributed by atoms with Gasteiger partial charge in [-0.1, -0.05) is 6.08 Å². The molecule has 0 aromatic carbocycles. The van der Waals surface area contributed by atoms with Gasteiger partial charge in [-0.05, 0) is 12.2 Å². The minimum absolute atomic E-state index is 0.414. The maximum Gasteiger partial charge on any atom is 0.486 e. The van der Waals surface area contributed by atoms with Crippen molar-refractivity contribution in [3.63, 3.8) is 0 Å². The summed E-state index contributed by atoms with van der Waals surface area (Å²) < 4.78 is 33.4. The predicted octanol–water partition coefficient (Wildman–Crippen LogP) is 0.733. The molecule has 2 rings (SSSR count). The largest absolute Gasteiger partial charge is 0.486 e. The van der Waals surface area contributed by atoms with Crippen LogP contribution >= 0.6 is 0 Å². The second-order valence-electron chi connectivity index (χ2n) is 2.65. The molecule has 2 aliphatic rings. The summed E-state index contributed by atoms with van der Waals surface area (Å²) in [5.41, 5.74) is 5.79. The monoisotopic (exact) mass is 175 g/mol. The molecule has 1 aliphatic carbocycles. The number of fused-ring (bicyclic) bond motifs is 1. The van der Waals surface area contributed by atoms with E-state index in [0.717, 1.165) is 0 Å². The lowest BCUT2D eigenvalue weighted by Gasteiger charge is -2.12. The topological polar surface area (TPSA) is 44.5 Å². The Bertz CT molecular complexity index is 262. The third-order valence-corrected chi connectivity index (χ3v) is 1.71. The number of nitrogens with two attached hydrogens (primary N) is 1. The van der Waals surface area contributed by atoms with Crippen molar-refractivity contribution in [1.29, 1.82) is 0 Å². The van der Waals surface area contributed by atoms with Crippen molar-refractivity contribution < 1.29 is 18.3 Å². The molecule has 2 N–H and O–H groups in total. The first kappa shape index (κ1) is 7.70. The van der Waals surface area contributed by atoms with E-state index in [1.807, 2.05) is 0 Å². The van der Waals surface area contributed by atoms with Gasteiger partial charge >= 0.3 is 6.29 Å². The normalized spacial score (nSPS) is 37.7. The van der Waals surface area contributed by atoms with E-state index in [-0.39, 0.29) is 0 Å². The summed E-state index contributed by atoms with van der Waals surface area (Å²) in [7, 11) is 0. The smallest absolute Gasteiger partial charge is 0.399 e. The molecule has 66 valence electrons. The number of hydrogen-bond donors (Lipinski definition) is 1. The zero-order valence-corrected chi connectivity index (χ0v) is 6.04. The van der Waals surface area contributed by atoms with Crippen LogP contribution in [0.3, 0.4) is 0 Å². The van der Waals surface area contributed by atoms with Gasteiger partial charge in [-0.2, -0.15) is 0 Å². The molecule has 0 spiro atoms. The van der Waals surface area contributed by atoms with Crippen LogP contribution in [0.15, 0.2) is 23.9 Å². The Morgan fingerprint density at radius 1 is 1.33 bits per heavy atom. The molecule has 1 fully saturated rings. The number of allylic oxidation sites excluding steroid dienone is 1. The van der Waals surface area contributed by atoms with Gasteiger partial charge in [0, 0.05) is 5.70 Å². The zero-order chi connectivity index (χ0) is 8.77. The number of hydrogen-bond acceptors (Lipinski definition) is 3. The maximum absolute atomic E-state index is 12.4.